The van der Waals surface area contributed by atoms with Crippen LogP contribution in [0, 0.1) is 18.3 Å². The molecule has 0 spiro atoms. The molecule has 0 unspecified atom stereocenters. The third kappa shape index (κ3) is 3.90. The first kappa shape index (κ1) is 17.8. The van der Waals surface area contributed by atoms with E-state index in [1.165, 1.54) is 32.1 Å². The normalized spacial score (nSPS) is 23.8. The molecule has 0 radical (unpaired) electrons. The Bertz CT molecular complexity index is 624. The van der Waals surface area contributed by atoms with E-state index >= 15 is 0 Å². The van der Waals surface area contributed by atoms with Gasteiger partial charge in [-0.05, 0) is 50.9 Å². The van der Waals surface area contributed by atoms with E-state index in [0.717, 1.165) is 69.1 Å². The van der Waals surface area contributed by atoms with Gasteiger partial charge in [0, 0.05) is 51.9 Å². The summed E-state index contributed by atoms with van der Waals surface area (Å²) in [4.78, 5) is 9.98. The van der Waals surface area contributed by atoms with Crippen LogP contribution in [-0.4, -0.2) is 60.2 Å². The number of nitrogens with zero attached hydrogens (tertiary/aromatic N) is 4. The molecule has 144 valence electrons. The van der Waals surface area contributed by atoms with Crippen molar-refractivity contribution in [2.75, 3.05) is 39.3 Å². The average Bonchev–Trinajstić information content (AvgIpc) is 3.37. The zero-order chi connectivity index (χ0) is 18.0. The molecular formula is C20H33N5O. The van der Waals surface area contributed by atoms with Crippen molar-refractivity contribution in [2.45, 2.75) is 52.5 Å². The van der Waals surface area contributed by atoms with Crippen LogP contribution in [0.1, 0.15) is 50.5 Å². The van der Waals surface area contributed by atoms with Crippen LogP contribution in [0.25, 0.3) is 0 Å². The molecule has 0 atom stereocenters. The fourth-order valence-corrected chi connectivity index (χ4v) is 4.52. The lowest BCUT2D eigenvalue weighted by atomic mass is 9.65. The zero-order valence-electron chi connectivity index (χ0n) is 16.3. The van der Waals surface area contributed by atoms with E-state index in [1.807, 2.05) is 13.0 Å². The van der Waals surface area contributed by atoms with Gasteiger partial charge in [-0.1, -0.05) is 11.6 Å². The molecule has 26 heavy (non-hydrogen) atoms. The molecule has 1 N–H and O–H groups in total. The smallest absolute Gasteiger partial charge is 0.194 e. The van der Waals surface area contributed by atoms with E-state index in [9.17, 15) is 0 Å². The van der Waals surface area contributed by atoms with Crippen molar-refractivity contribution < 1.29 is 4.52 Å². The molecule has 0 aromatic carbocycles. The second-order valence-corrected chi connectivity index (χ2v) is 8.35. The van der Waals surface area contributed by atoms with Crippen molar-refractivity contribution in [1.82, 2.24) is 20.3 Å². The molecule has 1 saturated heterocycles. The van der Waals surface area contributed by atoms with Crippen molar-refractivity contribution in [1.29, 1.82) is 0 Å². The SMILES string of the molecule is CCNC(=NCC1(C2CC2)CCC1)N1CCN(Cc2cc(C)on2)CC1. The van der Waals surface area contributed by atoms with Gasteiger partial charge in [0.15, 0.2) is 5.96 Å². The highest BCUT2D eigenvalue weighted by molar-refractivity contribution is 5.80. The summed E-state index contributed by atoms with van der Waals surface area (Å²) in [5, 5.41) is 7.65. The Morgan fingerprint density at radius 2 is 2.08 bits per heavy atom. The van der Waals surface area contributed by atoms with E-state index in [4.69, 9.17) is 9.52 Å². The molecule has 6 nitrogen and oxygen atoms in total. The van der Waals surface area contributed by atoms with Crippen LogP contribution in [0.3, 0.4) is 0 Å². The van der Waals surface area contributed by atoms with Crippen molar-refractivity contribution in [2.24, 2.45) is 16.3 Å². The standard InChI is InChI=1S/C20H33N5O/c1-3-21-19(22-15-20(7-4-8-20)17-5-6-17)25-11-9-24(10-12-25)14-18-13-16(2)26-23-18/h13,17H,3-12,14-15H2,1-2H3,(H,21,22). The van der Waals surface area contributed by atoms with Crippen molar-refractivity contribution >= 4 is 5.96 Å². The van der Waals surface area contributed by atoms with Crippen molar-refractivity contribution in [3.63, 3.8) is 0 Å². The topological polar surface area (TPSA) is 56.9 Å². The van der Waals surface area contributed by atoms with Gasteiger partial charge in [-0.3, -0.25) is 9.89 Å². The Morgan fingerprint density at radius 3 is 2.62 bits per heavy atom. The molecule has 0 bridgehead atoms. The number of guanidine groups is 1. The molecule has 1 aliphatic heterocycles. The first-order valence-electron chi connectivity index (χ1n) is 10.4. The highest BCUT2D eigenvalue weighted by atomic mass is 16.5. The number of piperazine rings is 1. The van der Waals surface area contributed by atoms with E-state index in [1.54, 1.807) is 0 Å². The molecule has 3 fully saturated rings. The minimum atomic E-state index is 0.549. The summed E-state index contributed by atoms with van der Waals surface area (Å²) in [6, 6.07) is 2.04. The second-order valence-electron chi connectivity index (χ2n) is 8.35. The minimum absolute atomic E-state index is 0.549. The Kier molecular flexibility index (Phi) is 5.20. The van der Waals surface area contributed by atoms with Gasteiger partial charge in [-0.25, -0.2) is 0 Å². The van der Waals surface area contributed by atoms with Crippen LogP contribution in [0.5, 0.6) is 0 Å². The van der Waals surface area contributed by atoms with Gasteiger partial charge in [0.1, 0.15) is 5.76 Å². The lowest BCUT2D eigenvalue weighted by molar-refractivity contribution is 0.112. The Morgan fingerprint density at radius 1 is 1.31 bits per heavy atom. The van der Waals surface area contributed by atoms with Crippen LogP contribution in [-0.2, 0) is 6.54 Å². The van der Waals surface area contributed by atoms with Gasteiger partial charge < -0.3 is 14.7 Å². The number of aliphatic imine (C=N–C) groups is 1. The summed E-state index contributed by atoms with van der Waals surface area (Å²) < 4.78 is 5.19. The molecule has 6 heteroatoms. The van der Waals surface area contributed by atoms with Gasteiger partial charge in [0.2, 0.25) is 0 Å². The maximum absolute atomic E-state index is 5.19. The van der Waals surface area contributed by atoms with Gasteiger partial charge in [-0.15, -0.1) is 0 Å². The van der Waals surface area contributed by atoms with Crippen LogP contribution < -0.4 is 5.32 Å². The molecular weight excluding hydrogens is 326 g/mol. The Balaban J connectivity index is 1.32. The Hall–Kier alpha value is -1.56. The number of aryl methyl sites for hydroxylation is 1. The minimum Gasteiger partial charge on any atom is -0.361 e. The average molecular weight is 360 g/mol. The predicted molar refractivity (Wildman–Crippen MR) is 103 cm³/mol. The Labute approximate surface area is 157 Å². The number of nitrogens with one attached hydrogen (secondary N) is 1. The van der Waals surface area contributed by atoms with Crippen molar-refractivity contribution in [3.8, 4) is 0 Å². The number of hydrogen-bond donors (Lipinski definition) is 1. The molecule has 3 aliphatic rings. The number of aromatic nitrogens is 1. The van der Waals surface area contributed by atoms with Gasteiger partial charge in [0.25, 0.3) is 0 Å². The maximum atomic E-state index is 5.19. The van der Waals surface area contributed by atoms with Gasteiger partial charge >= 0.3 is 0 Å². The maximum Gasteiger partial charge on any atom is 0.194 e. The summed E-state index contributed by atoms with van der Waals surface area (Å²) in [6.07, 6.45) is 7.07. The largest absolute Gasteiger partial charge is 0.361 e. The molecule has 4 rings (SSSR count). The van der Waals surface area contributed by atoms with Gasteiger partial charge in [0.05, 0.1) is 5.69 Å². The van der Waals surface area contributed by atoms with E-state index in [0.29, 0.717) is 5.41 Å². The molecule has 1 aromatic heterocycles. The molecule has 2 saturated carbocycles. The monoisotopic (exact) mass is 359 g/mol. The summed E-state index contributed by atoms with van der Waals surface area (Å²) in [5.41, 5.74) is 1.58. The van der Waals surface area contributed by atoms with E-state index in [2.05, 4.69) is 27.2 Å². The number of rotatable bonds is 6. The first-order chi connectivity index (χ1) is 12.7. The zero-order valence-corrected chi connectivity index (χ0v) is 16.3. The highest BCUT2D eigenvalue weighted by Gasteiger charge is 2.48. The molecule has 2 heterocycles. The quantitative estimate of drug-likeness (QED) is 0.625. The summed E-state index contributed by atoms with van der Waals surface area (Å²) in [7, 11) is 0. The lowest BCUT2D eigenvalue weighted by Crippen LogP contribution is -2.52. The van der Waals surface area contributed by atoms with E-state index < -0.39 is 0 Å². The third-order valence-corrected chi connectivity index (χ3v) is 6.41. The summed E-state index contributed by atoms with van der Waals surface area (Å²) in [6.45, 7) is 11.1. The second kappa shape index (κ2) is 7.59. The van der Waals surface area contributed by atoms with Crippen LogP contribution in [0.2, 0.25) is 0 Å². The first-order valence-corrected chi connectivity index (χ1v) is 10.4. The van der Waals surface area contributed by atoms with Crippen LogP contribution in [0.15, 0.2) is 15.6 Å². The predicted octanol–water partition coefficient (Wildman–Crippen LogP) is 2.65. The summed E-state index contributed by atoms with van der Waals surface area (Å²) >= 11 is 0. The fraction of sp³-hybridized carbons (Fsp3) is 0.800. The van der Waals surface area contributed by atoms with Gasteiger partial charge in [-0.2, -0.15) is 0 Å². The third-order valence-electron chi connectivity index (χ3n) is 6.41. The van der Waals surface area contributed by atoms with Crippen LogP contribution in [0.4, 0.5) is 0 Å². The summed E-state index contributed by atoms with van der Waals surface area (Å²) in [5.74, 6) is 2.97. The van der Waals surface area contributed by atoms with Crippen molar-refractivity contribution in [3.05, 3.63) is 17.5 Å². The fourth-order valence-electron chi connectivity index (χ4n) is 4.52. The lowest BCUT2D eigenvalue weighted by Gasteiger charge is -2.42. The van der Waals surface area contributed by atoms with Crippen LogP contribution >= 0.6 is 0 Å². The number of hydrogen-bond acceptors (Lipinski definition) is 4. The molecule has 1 aromatic rings. The molecule has 2 aliphatic carbocycles. The highest BCUT2D eigenvalue weighted by Crippen LogP contribution is 2.57. The van der Waals surface area contributed by atoms with E-state index in [-0.39, 0.29) is 0 Å². The molecule has 0 amide bonds.